The lowest BCUT2D eigenvalue weighted by Crippen LogP contribution is -1.96. The summed E-state index contributed by atoms with van der Waals surface area (Å²) in [6, 6.07) is 60.4. The van der Waals surface area contributed by atoms with Crippen LogP contribution in [0, 0.1) is 0 Å². The molecule has 0 bridgehead atoms. The molecule has 5 nitrogen and oxygen atoms in total. The highest BCUT2D eigenvalue weighted by atomic mass is 16.4. The van der Waals surface area contributed by atoms with Gasteiger partial charge in [0.15, 0.2) is 11.4 Å². The van der Waals surface area contributed by atoms with E-state index in [9.17, 15) is 0 Å². The Hall–Kier alpha value is -7.37. The third kappa shape index (κ3) is 4.90. The van der Waals surface area contributed by atoms with Gasteiger partial charge in [0, 0.05) is 22.1 Å². The maximum atomic E-state index is 6.80. The maximum Gasteiger partial charge on any atom is 0.227 e. The molecule has 0 aliphatic carbocycles. The fourth-order valence-electron chi connectivity index (χ4n) is 7.74. The topological polar surface area (TPSA) is 65.0 Å². The molecule has 0 atom stereocenters. The quantitative estimate of drug-likeness (QED) is 0.180. The molecule has 11 rings (SSSR count). The van der Waals surface area contributed by atoms with Crippen LogP contribution in [0.5, 0.6) is 0 Å². The van der Waals surface area contributed by atoms with E-state index in [1.807, 2.05) is 60.7 Å². The van der Waals surface area contributed by atoms with Gasteiger partial charge in [-0.05, 0) is 69.1 Å². The van der Waals surface area contributed by atoms with E-state index in [2.05, 4.69) is 115 Å². The fourth-order valence-corrected chi connectivity index (χ4v) is 7.74. The van der Waals surface area contributed by atoms with E-state index in [4.69, 9.17) is 23.8 Å². The Kier molecular flexibility index (Phi) is 6.79. The first-order valence-electron chi connectivity index (χ1n) is 18.0. The highest BCUT2D eigenvalue weighted by Crippen LogP contribution is 2.44. The van der Waals surface area contributed by atoms with Crippen molar-refractivity contribution in [2.45, 2.75) is 0 Å². The second-order valence-electron chi connectivity index (χ2n) is 13.6. The summed E-state index contributed by atoms with van der Waals surface area (Å²) in [5.74, 6) is 1.16. The van der Waals surface area contributed by atoms with Crippen LogP contribution in [-0.2, 0) is 0 Å². The van der Waals surface area contributed by atoms with E-state index >= 15 is 0 Å². The van der Waals surface area contributed by atoms with Gasteiger partial charge in [-0.3, -0.25) is 0 Å². The van der Waals surface area contributed by atoms with Crippen molar-refractivity contribution in [1.82, 2.24) is 15.0 Å². The average molecular weight is 692 g/mol. The third-order valence-corrected chi connectivity index (χ3v) is 10.3. The molecule has 0 amide bonds. The molecule has 0 spiro atoms. The van der Waals surface area contributed by atoms with Crippen LogP contribution in [0.25, 0.3) is 111 Å². The summed E-state index contributed by atoms with van der Waals surface area (Å²) in [6.07, 6.45) is 0. The summed E-state index contributed by atoms with van der Waals surface area (Å²) < 4.78 is 13.1. The van der Waals surface area contributed by atoms with Gasteiger partial charge in [0.25, 0.3) is 0 Å². The molecule has 0 radical (unpaired) electrons. The average Bonchev–Trinajstić information content (AvgIpc) is 3.86. The smallest absolute Gasteiger partial charge is 0.227 e. The second kappa shape index (κ2) is 12.1. The Morgan fingerprint density at radius 1 is 0.370 bits per heavy atom. The Balaban J connectivity index is 1.13. The number of furan rings is 1. The first-order chi connectivity index (χ1) is 26.7. The van der Waals surface area contributed by atoms with Gasteiger partial charge < -0.3 is 8.83 Å². The van der Waals surface area contributed by atoms with Gasteiger partial charge in [-0.25, -0.2) is 15.0 Å². The number of nitrogens with zero attached hydrogens (tertiary/aromatic N) is 3. The standard InChI is InChI=1S/C49H29N3O2/c1-3-13-32(14-4-1)40-29-41(33-24-22-31(23-25-33)37-21-11-18-30-12-7-9-19-36(30)37)51-48(50-40)39-28-35-17-8-10-20-38(35)44-45-42(53-47(39)44)26-27-43-46(45)52-49(54-43)34-15-5-2-6-16-34/h1-29H. The molecule has 0 fully saturated rings. The number of aromatic nitrogens is 3. The zero-order valence-corrected chi connectivity index (χ0v) is 28.9. The van der Waals surface area contributed by atoms with Crippen molar-refractivity contribution in [1.29, 1.82) is 0 Å². The molecule has 0 N–H and O–H groups in total. The summed E-state index contributed by atoms with van der Waals surface area (Å²) in [7, 11) is 0. The van der Waals surface area contributed by atoms with Gasteiger partial charge in [-0.2, -0.15) is 0 Å². The van der Waals surface area contributed by atoms with Crippen LogP contribution in [0.1, 0.15) is 0 Å². The zero-order valence-electron chi connectivity index (χ0n) is 28.9. The molecule has 0 aliphatic heterocycles. The lowest BCUT2D eigenvalue weighted by molar-refractivity contribution is 0.619. The van der Waals surface area contributed by atoms with Gasteiger partial charge >= 0.3 is 0 Å². The summed E-state index contributed by atoms with van der Waals surface area (Å²) in [4.78, 5) is 15.5. The van der Waals surface area contributed by atoms with Crippen molar-refractivity contribution >= 4 is 54.6 Å². The van der Waals surface area contributed by atoms with E-state index in [1.54, 1.807) is 0 Å². The first-order valence-corrected chi connectivity index (χ1v) is 18.0. The van der Waals surface area contributed by atoms with Crippen molar-refractivity contribution in [3.8, 4) is 56.5 Å². The van der Waals surface area contributed by atoms with Crippen molar-refractivity contribution in [3.63, 3.8) is 0 Å². The SMILES string of the molecule is c1ccc(-c2cc(-c3ccc(-c4cccc5ccccc45)cc3)nc(-c3cc4ccccc4c4c3oc3ccc5oc(-c6ccccc6)nc5c34)n2)cc1. The summed E-state index contributed by atoms with van der Waals surface area (Å²) in [5.41, 5.74) is 10.7. The van der Waals surface area contributed by atoms with Crippen LogP contribution in [-0.4, -0.2) is 15.0 Å². The fraction of sp³-hybridized carbons (Fsp3) is 0. The first kappa shape index (κ1) is 30.3. The van der Waals surface area contributed by atoms with Crippen LogP contribution >= 0.6 is 0 Å². The maximum absolute atomic E-state index is 6.80. The van der Waals surface area contributed by atoms with Crippen LogP contribution in [0.2, 0.25) is 0 Å². The van der Waals surface area contributed by atoms with Gasteiger partial charge in [-0.15, -0.1) is 0 Å². The van der Waals surface area contributed by atoms with Crippen molar-refractivity contribution in [2.75, 3.05) is 0 Å². The highest BCUT2D eigenvalue weighted by molar-refractivity contribution is 6.27. The van der Waals surface area contributed by atoms with Crippen LogP contribution < -0.4 is 0 Å². The van der Waals surface area contributed by atoms with E-state index < -0.39 is 0 Å². The lowest BCUT2D eigenvalue weighted by atomic mass is 9.96. The largest absolute Gasteiger partial charge is 0.455 e. The minimum atomic E-state index is 0.572. The normalized spacial score (nSPS) is 11.7. The minimum absolute atomic E-state index is 0.572. The Labute approximate surface area is 309 Å². The second-order valence-corrected chi connectivity index (χ2v) is 13.6. The highest BCUT2D eigenvalue weighted by Gasteiger charge is 2.23. The molecule has 0 unspecified atom stereocenters. The van der Waals surface area contributed by atoms with Crippen LogP contribution in [0.4, 0.5) is 0 Å². The predicted molar refractivity (Wildman–Crippen MR) is 219 cm³/mol. The van der Waals surface area contributed by atoms with E-state index in [-0.39, 0.29) is 0 Å². The Bertz CT molecular complexity index is 3200. The molecule has 11 aromatic rings. The summed E-state index contributed by atoms with van der Waals surface area (Å²) in [5, 5.41) is 6.45. The number of oxazole rings is 1. The Morgan fingerprint density at radius 2 is 0.981 bits per heavy atom. The van der Waals surface area contributed by atoms with Crippen LogP contribution in [0.3, 0.4) is 0 Å². The summed E-state index contributed by atoms with van der Waals surface area (Å²) >= 11 is 0. The molecule has 0 aliphatic rings. The molecular weight excluding hydrogens is 663 g/mol. The number of fused-ring (bicyclic) bond motifs is 8. The summed E-state index contributed by atoms with van der Waals surface area (Å²) in [6.45, 7) is 0. The molecule has 5 heteroatoms. The van der Waals surface area contributed by atoms with Crippen molar-refractivity contribution in [2.24, 2.45) is 0 Å². The number of hydrogen-bond acceptors (Lipinski definition) is 5. The molecule has 3 heterocycles. The number of benzene rings is 8. The predicted octanol–water partition coefficient (Wildman–Crippen LogP) is 13.2. The third-order valence-electron chi connectivity index (χ3n) is 10.3. The molecule has 3 aromatic heterocycles. The number of hydrogen-bond donors (Lipinski definition) is 0. The van der Waals surface area contributed by atoms with Crippen molar-refractivity contribution in [3.05, 3.63) is 176 Å². The van der Waals surface area contributed by atoms with E-state index in [0.717, 1.165) is 71.8 Å². The molecule has 0 saturated heterocycles. The zero-order chi connectivity index (χ0) is 35.6. The van der Waals surface area contributed by atoms with Gasteiger partial charge in [0.05, 0.1) is 22.3 Å². The van der Waals surface area contributed by atoms with E-state index in [1.165, 1.54) is 16.3 Å². The Morgan fingerprint density at radius 3 is 1.76 bits per heavy atom. The minimum Gasteiger partial charge on any atom is -0.455 e. The molecule has 54 heavy (non-hydrogen) atoms. The van der Waals surface area contributed by atoms with Crippen molar-refractivity contribution < 1.29 is 8.83 Å². The molecule has 8 aromatic carbocycles. The van der Waals surface area contributed by atoms with Crippen LogP contribution in [0.15, 0.2) is 185 Å². The van der Waals surface area contributed by atoms with Gasteiger partial charge in [0.1, 0.15) is 16.7 Å². The van der Waals surface area contributed by atoms with Gasteiger partial charge in [-0.1, -0.05) is 140 Å². The molecule has 252 valence electrons. The van der Waals surface area contributed by atoms with E-state index in [0.29, 0.717) is 22.9 Å². The molecular formula is C49H29N3O2. The molecule has 0 saturated carbocycles. The van der Waals surface area contributed by atoms with Gasteiger partial charge in [0.2, 0.25) is 5.89 Å². The monoisotopic (exact) mass is 691 g/mol. The number of rotatable bonds is 5. The lowest BCUT2D eigenvalue weighted by Gasteiger charge is -2.12.